The number of hydrogen-bond acceptors (Lipinski definition) is 4. The zero-order valence-electron chi connectivity index (χ0n) is 9.07. The Kier molecular flexibility index (Phi) is 3.36. The van der Waals surface area contributed by atoms with Crippen LogP contribution in [0.15, 0.2) is 18.3 Å². The van der Waals surface area contributed by atoms with Gasteiger partial charge in [0.25, 0.3) is 0 Å². The summed E-state index contributed by atoms with van der Waals surface area (Å²) >= 11 is 0. The fourth-order valence-electron chi connectivity index (χ4n) is 1.84. The van der Waals surface area contributed by atoms with Crippen LogP contribution in [0.3, 0.4) is 0 Å². The van der Waals surface area contributed by atoms with Gasteiger partial charge in [0, 0.05) is 17.8 Å². The molecule has 86 valence electrons. The second kappa shape index (κ2) is 4.94. The van der Waals surface area contributed by atoms with E-state index in [1.807, 2.05) is 0 Å². The van der Waals surface area contributed by atoms with Crippen molar-refractivity contribution in [2.75, 3.05) is 18.4 Å². The maximum atomic E-state index is 11.0. The molecular weight excluding hydrogens is 204 g/mol. The van der Waals surface area contributed by atoms with Gasteiger partial charge in [-0.3, -0.25) is 4.79 Å². The van der Waals surface area contributed by atoms with Gasteiger partial charge >= 0.3 is 0 Å². The van der Waals surface area contributed by atoms with Crippen molar-refractivity contribution in [1.29, 1.82) is 0 Å². The molecule has 5 heteroatoms. The molecule has 2 heterocycles. The van der Waals surface area contributed by atoms with E-state index in [9.17, 15) is 4.79 Å². The third kappa shape index (κ3) is 2.70. The molecule has 1 aromatic heterocycles. The van der Waals surface area contributed by atoms with Crippen molar-refractivity contribution in [2.24, 2.45) is 5.73 Å². The Morgan fingerprint density at radius 1 is 1.50 bits per heavy atom. The van der Waals surface area contributed by atoms with E-state index in [0.717, 1.165) is 31.7 Å². The molecule has 0 atom stereocenters. The van der Waals surface area contributed by atoms with Crippen molar-refractivity contribution in [3.8, 4) is 0 Å². The Morgan fingerprint density at radius 2 is 2.25 bits per heavy atom. The summed E-state index contributed by atoms with van der Waals surface area (Å²) < 4.78 is 0. The largest absolute Gasteiger partial charge is 0.367 e. The lowest BCUT2D eigenvalue weighted by Gasteiger charge is -2.24. The van der Waals surface area contributed by atoms with Crippen LogP contribution < -0.4 is 16.4 Å². The number of carbonyl (C=O) groups excluding carboxylic acids is 1. The number of aromatic nitrogens is 1. The number of carbonyl (C=O) groups is 1. The lowest BCUT2D eigenvalue weighted by molar-refractivity contribution is 0.1000. The van der Waals surface area contributed by atoms with Gasteiger partial charge in [0.15, 0.2) is 0 Å². The number of nitrogens with one attached hydrogen (secondary N) is 2. The Labute approximate surface area is 94.4 Å². The van der Waals surface area contributed by atoms with E-state index < -0.39 is 5.91 Å². The number of primary amides is 1. The van der Waals surface area contributed by atoms with E-state index in [4.69, 9.17) is 5.73 Å². The third-order valence-corrected chi connectivity index (χ3v) is 2.74. The van der Waals surface area contributed by atoms with Crippen LogP contribution in [0.5, 0.6) is 0 Å². The summed E-state index contributed by atoms with van der Waals surface area (Å²) in [7, 11) is 0. The number of anilines is 1. The van der Waals surface area contributed by atoms with E-state index in [-0.39, 0.29) is 0 Å². The minimum Gasteiger partial charge on any atom is -0.367 e. The molecule has 16 heavy (non-hydrogen) atoms. The topological polar surface area (TPSA) is 80.0 Å². The number of rotatable bonds is 3. The van der Waals surface area contributed by atoms with Crippen LogP contribution in [0, 0.1) is 0 Å². The van der Waals surface area contributed by atoms with Gasteiger partial charge < -0.3 is 16.4 Å². The molecule has 0 saturated carbocycles. The molecule has 1 aliphatic heterocycles. The molecule has 0 aliphatic carbocycles. The molecule has 5 nitrogen and oxygen atoms in total. The molecule has 1 saturated heterocycles. The summed E-state index contributed by atoms with van der Waals surface area (Å²) in [4.78, 5) is 15.2. The lowest BCUT2D eigenvalue weighted by atomic mass is 10.1. The van der Waals surface area contributed by atoms with Gasteiger partial charge in [-0.25, -0.2) is 4.98 Å². The van der Waals surface area contributed by atoms with Crippen molar-refractivity contribution >= 4 is 11.7 Å². The molecule has 2 rings (SSSR count). The molecule has 4 N–H and O–H groups in total. The maximum Gasteiger partial charge on any atom is 0.248 e. The van der Waals surface area contributed by atoms with Crippen molar-refractivity contribution in [3.05, 3.63) is 23.9 Å². The fraction of sp³-hybridized carbons (Fsp3) is 0.455. The number of piperidine rings is 1. The predicted octanol–water partition coefficient (Wildman–Crippen LogP) is 0.344. The number of nitrogens with zero attached hydrogens (tertiary/aromatic N) is 1. The Bertz CT molecular complexity index is 374. The third-order valence-electron chi connectivity index (χ3n) is 2.74. The van der Waals surface area contributed by atoms with E-state index in [1.54, 1.807) is 18.3 Å². The summed E-state index contributed by atoms with van der Waals surface area (Å²) in [6.45, 7) is 2.04. The zero-order chi connectivity index (χ0) is 11.4. The maximum absolute atomic E-state index is 11.0. The minimum atomic E-state index is -0.421. The Morgan fingerprint density at radius 3 is 2.94 bits per heavy atom. The van der Waals surface area contributed by atoms with E-state index in [1.165, 1.54) is 0 Å². The van der Waals surface area contributed by atoms with E-state index in [0.29, 0.717) is 11.6 Å². The van der Waals surface area contributed by atoms with Gasteiger partial charge in [0.1, 0.15) is 5.82 Å². The second-order valence-corrected chi connectivity index (χ2v) is 3.96. The van der Waals surface area contributed by atoms with Crippen LogP contribution in [0.25, 0.3) is 0 Å². The van der Waals surface area contributed by atoms with Gasteiger partial charge in [-0.1, -0.05) is 0 Å². The monoisotopic (exact) mass is 220 g/mol. The van der Waals surface area contributed by atoms with Crippen molar-refractivity contribution in [3.63, 3.8) is 0 Å². The van der Waals surface area contributed by atoms with Crippen molar-refractivity contribution < 1.29 is 4.79 Å². The van der Waals surface area contributed by atoms with Gasteiger partial charge in [-0.2, -0.15) is 0 Å². The number of hydrogen-bond donors (Lipinski definition) is 3. The first-order chi connectivity index (χ1) is 7.75. The number of pyridine rings is 1. The Hall–Kier alpha value is -1.62. The quantitative estimate of drug-likeness (QED) is 0.686. The highest BCUT2D eigenvalue weighted by Crippen LogP contribution is 2.12. The Balaban J connectivity index is 2.02. The molecule has 0 spiro atoms. The van der Waals surface area contributed by atoms with Crippen LogP contribution in [0.1, 0.15) is 23.2 Å². The summed E-state index contributed by atoms with van der Waals surface area (Å²) in [6, 6.07) is 3.75. The van der Waals surface area contributed by atoms with Crippen LogP contribution in [-0.2, 0) is 0 Å². The first-order valence-corrected chi connectivity index (χ1v) is 5.49. The summed E-state index contributed by atoms with van der Waals surface area (Å²) in [6.07, 6.45) is 3.74. The summed E-state index contributed by atoms with van der Waals surface area (Å²) in [5, 5.41) is 6.61. The fourth-order valence-corrected chi connectivity index (χ4v) is 1.84. The van der Waals surface area contributed by atoms with Crippen LogP contribution in [0.2, 0.25) is 0 Å². The molecule has 0 radical (unpaired) electrons. The smallest absolute Gasteiger partial charge is 0.248 e. The van der Waals surface area contributed by atoms with Gasteiger partial charge in [-0.05, 0) is 38.1 Å². The normalized spacial score (nSPS) is 17.0. The first kappa shape index (κ1) is 10.9. The lowest BCUT2D eigenvalue weighted by Crippen LogP contribution is -2.35. The summed E-state index contributed by atoms with van der Waals surface area (Å²) in [5.74, 6) is 0.305. The van der Waals surface area contributed by atoms with Crippen molar-refractivity contribution in [1.82, 2.24) is 10.3 Å². The zero-order valence-corrected chi connectivity index (χ0v) is 9.07. The first-order valence-electron chi connectivity index (χ1n) is 5.49. The van der Waals surface area contributed by atoms with Gasteiger partial charge in [0.2, 0.25) is 5.91 Å². The average molecular weight is 220 g/mol. The van der Waals surface area contributed by atoms with Crippen LogP contribution >= 0.6 is 0 Å². The van der Waals surface area contributed by atoms with Crippen LogP contribution in [-0.4, -0.2) is 30.0 Å². The molecule has 0 aromatic carbocycles. The highest BCUT2D eigenvalue weighted by atomic mass is 16.1. The standard InChI is InChI=1S/C11H16N4O/c12-11(16)8-1-6-14-10(7-8)15-9-2-4-13-5-3-9/h1,6-7,9,13H,2-5H2,(H2,12,16)(H,14,15). The van der Waals surface area contributed by atoms with E-state index in [2.05, 4.69) is 15.6 Å². The molecular formula is C11H16N4O. The van der Waals surface area contributed by atoms with Crippen molar-refractivity contribution in [2.45, 2.75) is 18.9 Å². The SMILES string of the molecule is NC(=O)c1ccnc(NC2CCNCC2)c1. The van der Waals surface area contributed by atoms with Crippen LogP contribution in [0.4, 0.5) is 5.82 Å². The average Bonchev–Trinajstić information content (AvgIpc) is 2.30. The highest BCUT2D eigenvalue weighted by Gasteiger charge is 2.13. The predicted molar refractivity (Wildman–Crippen MR) is 62.3 cm³/mol. The molecule has 1 aliphatic rings. The summed E-state index contributed by atoms with van der Waals surface area (Å²) in [5.41, 5.74) is 5.70. The molecule has 1 aromatic rings. The molecule has 1 fully saturated rings. The van der Waals surface area contributed by atoms with Gasteiger partial charge in [0.05, 0.1) is 0 Å². The highest BCUT2D eigenvalue weighted by molar-refractivity contribution is 5.93. The van der Waals surface area contributed by atoms with Gasteiger partial charge in [-0.15, -0.1) is 0 Å². The van der Waals surface area contributed by atoms with E-state index >= 15 is 0 Å². The number of nitrogens with two attached hydrogens (primary N) is 1. The molecule has 0 bridgehead atoms. The minimum absolute atomic E-state index is 0.421. The molecule has 1 amide bonds. The molecule has 0 unspecified atom stereocenters. The number of amides is 1. The second-order valence-electron chi connectivity index (χ2n) is 3.96.